The molecule has 0 bridgehead atoms. The van der Waals surface area contributed by atoms with Crippen LogP contribution in [-0.2, 0) is 24.2 Å². The predicted molar refractivity (Wildman–Crippen MR) is 121 cm³/mol. The molecule has 3 heterocycles. The number of rotatable bonds is 7. The van der Waals surface area contributed by atoms with Crippen molar-refractivity contribution in [1.82, 2.24) is 19.7 Å². The number of benzene rings is 1. The number of ether oxygens (including phenoxy) is 2. The van der Waals surface area contributed by atoms with E-state index in [1.807, 2.05) is 16.8 Å². The Morgan fingerprint density at radius 3 is 2.65 bits per heavy atom. The lowest BCUT2D eigenvalue weighted by atomic mass is 10.0. The van der Waals surface area contributed by atoms with Gasteiger partial charge in [0.15, 0.2) is 0 Å². The summed E-state index contributed by atoms with van der Waals surface area (Å²) in [6.07, 6.45) is 3.02. The number of nitrogens with zero attached hydrogens (tertiary/aromatic N) is 4. The Morgan fingerprint density at radius 2 is 1.94 bits per heavy atom. The van der Waals surface area contributed by atoms with Gasteiger partial charge >= 0.3 is 0 Å². The number of aryl methyl sites for hydroxylation is 3. The largest absolute Gasteiger partial charge is 0.497 e. The van der Waals surface area contributed by atoms with Crippen molar-refractivity contribution in [2.75, 3.05) is 26.8 Å². The second-order valence-corrected chi connectivity index (χ2v) is 8.26. The second-order valence-electron chi connectivity index (χ2n) is 8.26. The molecule has 0 N–H and O–H groups in total. The highest BCUT2D eigenvalue weighted by atomic mass is 16.5. The van der Waals surface area contributed by atoms with Crippen LogP contribution < -0.4 is 4.74 Å². The van der Waals surface area contributed by atoms with E-state index in [2.05, 4.69) is 61.2 Å². The van der Waals surface area contributed by atoms with Crippen LogP contribution in [0.25, 0.3) is 0 Å². The molecule has 1 aliphatic heterocycles. The maximum atomic E-state index is 6.14. The molecule has 4 rings (SSSR count). The van der Waals surface area contributed by atoms with Crippen molar-refractivity contribution >= 4 is 0 Å². The van der Waals surface area contributed by atoms with E-state index >= 15 is 0 Å². The van der Waals surface area contributed by atoms with E-state index in [1.54, 1.807) is 7.11 Å². The normalized spacial score (nSPS) is 17.1. The summed E-state index contributed by atoms with van der Waals surface area (Å²) in [5.74, 6) is 0.880. The van der Waals surface area contributed by atoms with Gasteiger partial charge in [-0.15, -0.1) is 0 Å². The van der Waals surface area contributed by atoms with E-state index in [1.165, 1.54) is 16.7 Å². The molecule has 0 saturated carbocycles. The van der Waals surface area contributed by atoms with Crippen LogP contribution in [0, 0.1) is 13.8 Å². The Hall–Kier alpha value is -2.70. The van der Waals surface area contributed by atoms with Crippen LogP contribution in [0.3, 0.4) is 0 Å². The molecule has 1 atom stereocenters. The standard InChI is InChI=1S/C25H32N4O2/c1-5-29-16-22(19(3)27-29)15-28-10-11-31-25(17-28)24-14-21(12-18(2)26-24)13-20-6-8-23(30-4)9-7-20/h6-9,12,14,16,25H,5,10-11,13,15,17H2,1-4H3/t25-/m0/s1. The molecular weight excluding hydrogens is 388 g/mol. The van der Waals surface area contributed by atoms with Gasteiger partial charge in [-0.1, -0.05) is 12.1 Å². The van der Waals surface area contributed by atoms with Gasteiger partial charge in [0.05, 0.1) is 25.1 Å². The zero-order valence-electron chi connectivity index (χ0n) is 19.0. The molecule has 3 aromatic rings. The Morgan fingerprint density at radius 1 is 1.13 bits per heavy atom. The molecule has 0 spiro atoms. The molecule has 164 valence electrons. The first kappa shape index (κ1) is 21.5. The molecular formula is C25H32N4O2. The third-order valence-corrected chi connectivity index (χ3v) is 5.85. The van der Waals surface area contributed by atoms with Crippen LogP contribution in [-0.4, -0.2) is 46.5 Å². The summed E-state index contributed by atoms with van der Waals surface area (Å²) >= 11 is 0. The smallest absolute Gasteiger partial charge is 0.118 e. The highest BCUT2D eigenvalue weighted by Gasteiger charge is 2.24. The highest BCUT2D eigenvalue weighted by molar-refractivity contribution is 5.33. The molecule has 2 aromatic heterocycles. The van der Waals surface area contributed by atoms with Crippen LogP contribution >= 0.6 is 0 Å². The summed E-state index contributed by atoms with van der Waals surface area (Å²) < 4.78 is 13.4. The van der Waals surface area contributed by atoms with Gasteiger partial charge in [0, 0.05) is 43.6 Å². The second kappa shape index (κ2) is 9.62. The Labute approximate surface area is 184 Å². The van der Waals surface area contributed by atoms with Crippen molar-refractivity contribution < 1.29 is 9.47 Å². The average molecular weight is 421 g/mol. The number of pyridine rings is 1. The number of methoxy groups -OCH3 is 1. The third-order valence-electron chi connectivity index (χ3n) is 5.85. The van der Waals surface area contributed by atoms with Crippen molar-refractivity contribution in [3.05, 3.63) is 76.4 Å². The van der Waals surface area contributed by atoms with Crippen LogP contribution in [0.5, 0.6) is 5.75 Å². The monoisotopic (exact) mass is 420 g/mol. The van der Waals surface area contributed by atoms with Crippen molar-refractivity contribution in [1.29, 1.82) is 0 Å². The zero-order chi connectivity index (χ0) is 21.8. The van der Waals surface area contributed by atoms with Gasteiger partial charge < -0.3 is 9.47 Å². The molecule has 6 nitrogen and oxygen atoms in total. The molecule has 0 radical (unpaired) electrons. The fourth-order valence-electron chi connectivity index (χ4n) is 4.16. The molecule has 1 aromatic carbocycles. The maximum absolute atomic E-state index is 6.14. The zero-order valence-corrected chi connectivity index (χ0v) is 19.0. The van der Waals surface area contributed by atoms with Gasteiger partial charge in [-0.25, -0.2) is 0 Å². The molecule has 1 aliphatic rings. The van der Waals surface area contributed by atoms with Crippen LogP contribution in [0.1, 0.15) is 46.8 Å². The number of hydrogen-bond acceptors (Lipinski definition) is 5. The van der Waals surface area contributed by atoms with E-state index in [0.717, 1.165) is 62.0 Å². The van der Waals surface area contributed by atoms with E-state index in [0.29, 0.717) is 0 Å². The SMILES string of the molecule is CCn1cc(CN2CCO[C@H](c3cc(Cc4ccc(OC)cc4)cc(C)n3)C2)c(C)n1. The Bertz CT molecular complexity index is 1010. The third kappa shape index (κ3) is 5.32. The van der Waals surface area contributed by atoms with Gasteiger partial charge in [-0.2, -0.15) is 5.10 Å². The first-order valence-electron chi connectivity index (χ1n) is 11.0. The maximum Gasteiger partial charge on any atom is 0.118 e. The van der Waals surface area contributed by atoms with E-state index in [4.69, 9.17) is 14.5 Å². The minimum atomic E-state index is -0.00945. The first-order valence-corrected chi connectivity index (χ1v) is 11.0. The van der Waals surface area contributed by atoms with Crippen molar-refractivity contribution in [3.8, 4) is 5.75 Å². The first-order chi connectivity index (χ1) is 15.0. The van der Waals surface area contributed by atoms with Crippen molar-refractivity contribution in [2.45, 2.75) is 46.4 Å². The van der Waals surface area contributed by atoms with Gasteiger partial charge in [0.25, 0.3) is 0 Å². The molecule has 0 amide bonds. The van der Waals surface area contributed by atoms with Crippen molar-refractivity contribution in [2.24, 2.45) is 0 Å². The van der Waals surface area contributed by atoms with Crippen molar-refractivity contribution in [3.63, 3.8) is 0 Å². The summed E-state index contributed by atoms with van der Waals surface area (Å²) in [6.45, 7) is 10.6. The average Bonchev–Trinajstić information content (AvgIpc) is 3.13. The highest BCUT2D eigenvalue weighted by Crippen LogP contribution is 2.25. The quantitative estimate of drug-likeness (QED) is 0.576. The van der Waals surface area contributed by atoms with Gasteiger partial charge in [-0.05, 0) is 62.6 Å². The topological polar surface area (TPSA) is 52.4 Å². The number of aromatic nitrogens is 3. The predicted octanol–water partition coefficient (Wildman–Crippen LogP) is 4.09. The van der Waals surface area contributed by atoms with E-state index < -0.39 is 0 Å². The van der Waals surface area contributed by atoms with Gasteiger partial charge in [0.1, 0.15) is 11.9 Å². The lowest BCUT2D eigenvalue weighted by Crippen LogP contribution is -2.38. The molecule has 0 unspecified atom stereocenters. The lowest BCUT2D eigenvalue weighted by Gasteiger charge is -2.32. The summed E-state index contributed by atoms with van der Waals surface area (Å²) in [5, 5.41) is 4.58. The minimum Gasteiger partial charge on any atom is -0.497 e. The lowest BCUT2D eigenvalue weighted by molar-refractivity contribution is -0.0351. The summed E-state index contributed by atoms with van der Waals surface area (Å²) in [5.41, 5.74) is 6.97. The van der Waals surface area contributed by atoms with Gasteiger partial charge in [0.2, 0.25) is 0 Å². The molecule has 31 heavy (non-hydrogen) atoms. The van der Waals surface area contributed by atoms with Crippen LogP contribution in [0.15, 0.2) is 42.6 Å². The number of hydrogen-bond donors (Lipinski definition) is 0. The fourth-order valence-corrected chi connectivity index (χ4v) is 4.16. The van der Waals surface area contributed by atoms with Crippen LogP contribution in [0.2, 0.25) is 0 Å². The summed E-state index contributed by atoms with van der Waals surface area (Å²) in [4.78, 5) is 7.26. The number of morpholine rings is 1. The van der Waals surface area contributed by atoms with Gasteiger partial charge in [-0.3, -0.25) is 14.6 Å². The molecule has 1 fully saturated rings. The van der Waals surface area contributed by atoms with Crippen LogP contribution in [0.4, 0.5) is 0 Å². The molecule has 6 heteroatoms. The summed E-state index contributed by atoms with van der Waals surface area (Å²) in [7, 11) is 1.69. The molecule has 0 aliphatic carbocycles. The van der Waals surface area contributed by atoms with E-state index in [9.17, 15) is 0 Å². The summed E-state index contributed by atoms with van der Waals surface area (Å²) in [6, 6.07) is 12.6. The fraction of sp³-hybridized carbons (Fsp3) is 0.440. The molecule has 1 saturated heterocycles. The minimum absolute atomic E-state index is 0.00945. The Kier molecular flexibility index (Phi) is 6.68. The Balaban J connectivity index is 1.47. The van der Waals surface area contributed by atoms with E-state index in [-0.39, 0.29) is 6.10 Å².